The van der Waals surface area contributed by atoms with Crippen LogP contribution in [0.15, 0.2) is 53.0 Å². The van der Waals surface area contributed by atoms with Gasteiger partial charge in [-0.2, -0.15) is 0 Å². The molecule has 0 spiro atoms. The zero-order chi connectivity index (χ0) is 22.9. The number of benzene rings is 2. The molecule has 0 unspecified atom stereocenters. The number of hydrogen-bond donors (Lipinski definition) is 1. The molecule has 1 aliphatic rings. The molecule has 1 fully saturated rings. The largest absolute Gasteiger partial charge is 0.493 e. The number of nitrogens with zero attached hydrogens (tertiary/aromatic N) is 1. The van der Waals surface area contributed by atoms with Crippen LogP contribution < -0.4 is 14.8 Å². The number of methoxy groups -OCH3 is 1. The number of ether oxygens (including phenoxy) is 2. The third kappa shape index (κ3) is 6.73. The predicted molar refractivity (Wildman–Crippen MR) is 128 cm³/mol. The molecule has 6 nitrogen and oxygen atoms in total. The van der Waals surface area contributed by atoms with Gasteiger partial charge in [0.25, 0.3) is 5.91 Å². The third-order valence-corrected chi connectivity index (χ3v) is 6.33. The molecular formula is C25H31BrN2O4. The van der Waals surface area contributed by atoms with Crippen molar-refractivity contribution in [2.24, 2.45) is 0 Å². The van der Waals surface area contributed by atoms with Crippen molar-refractivity contribution in [2.75, 3.05) is 13.7 Å². The summed E-state index contributed by atoms with van der Waals surface area (Å²) in [5.41, 5.74) is 0.941. The van der Waals surface area contributed by atoms with Gasteiger partial charge in [0.2, 0.25) is 5.91 Å². The summed E-state index contributed by atoms with van der Waals surface area (Å²) in [5.74, 6) is 0.666. The van der Waals surface area contributed by atoms with Crippen molar-refractivity contribution in [2.45, 2.75) is 57.7 Å². The second-order valence-electron chi connectivity index (χ2n) is 8.11. The van der Waals surface area contributed by atoms with Crippen molar-refractivity contribution in [1.29, 1.82) is 0 Å². The lowest BCUT2D eigenvalue weighted by Crippen LogP contribution is -2.51. The lowest BCUT2D eigenvalue weighted by molar-refractivity contribution is -0.142. The molecule has 2 aromatic rings. The van der Waals surface area contributed by atoms with E-state index in [4.69, 9.17) is 9.47 Å². The van der Waals surface area contributed by atoms with Gasteiger partial charge in [-0.3, -0.25) is 9.59 Å². The summed E-state index contributed by atoms with van der Waals surface area (Å²) in [5, 5.41) is 3.14. The van der Waals surface area contributed by atoms with E-state index in [1.165, 1.54) is 6.42 Å². The minimum absolute atomic E-state index is 0.125. The van der Waals surface area contributed by atoms with Crippen LogP contribution >= 0.6 is 15.9 Å². The Balaban J connectivity index is 1.71. The second kappa shape index (κ2) is 11.9. The molecule has 0 aromatic heterocycles. The van der Waals surface area contributed by atoms with Crippen LogP contribution in [0.25, 0.3) is 0 Å². The van der Waals surface area contributed by atoms with Gasteiger partial charge in [-0.1, -0.05) is 59.5 Å². The molecular weight excluding hydrogens is 472 g/mol. The Morgan fingerprint density at radius 1 is 1.06 bits per heavy atom. The molecule has 0 saturated heterocycles. The molecule has 0 radical (unpaired) electrons. The van der Waals surface area contributed by atoms with Gasteiger partial charge in [0, 0.05) is 17.1 Å². The van der Waals surface area contributed by atoms with E-state index < -0.39 is 6.04 Å². The molecule has 7 heteroatoms. The third-order valence-electron chi connectivity index (χ3n) is 5.81. The van der Waals surface area contributed by atoms with E-state index in [9.17, 15) is 9.59 Å². The number of carbonyl (C=O) groups is 2. The Morgan fingerprint density at radius 3 is 2.38 bits per heavy atom. The fourth-order valence-electron chi connectivity index (χ4n) is 3.90. The molecule has 1 atom stereocenters. The van der Waals surface area contributed by atoms with E-state index in [-0.39, 0.29) is 24.5 Å². The summed E-state index contributed by atoms with van der Waals surface area (Å²) < 4.78 is 12.0. The van der Waals surface area contributed by atoms with Crippen LogP contribution in [0.5, 0.6) is 11.5 Å². The van der Waals surface area contributed by atoms with Gasteiger partial charge < -0.3 is 19.7 Å². The minimum atomic E-state index is -0.616. The Morgan fingerprint density at radius 2 is 1.72 bits per heavy atom. The number of nitrogens with one attached hydrogen (secondary N) is 1. The summed E-state index contributed by atoms with van der Waals surface area (Å²) in [6, 6.07) is 14.5. The zero-order valence-corrected chi connectivity index (χ0v) is 20.3. The molecule has 0 aliphatic heterocycles. The van der Waals surface area contributed by atoms with Crippen LogP contribution in [0.3, 0.4) is 0 Å². The number of para-hydroxylation sites is 2. The standard InChI is InChI=1S/C25H31BrN2O4/c1-18(25(30)27-21-8-4-3-5-9-21)28(16-19-12-14-20(26)15-13-19)24(29)17-32-23-11-7-6-10-22(23)31-2/h6-7,10-15,18,21H,3-5,8-9,16-17H2,1-2H3,(H,27,30)/t18-/m0/s1. The van der Waals surface area contributed by atoms with Crippen molar-refractivity contribution in [3.05, 3.63) is 58.6 Å². The predicted octanol–water partition coefficient (Wildman–Crippen LogP) is 4.70. The Labute approximate surface area is 198 Å². The minimum Gasteiger partial charge on any atom is -0.493 e. The maximum absolute atomic E-state index is 13.2. The van der Waals surface area contributed by atoms with Gasteiger partial charge in [-0.05, 0) is 49.6 Å². The first kappa shape index (κ1) is 24.1. The van der Waals surface area contributed by atoms with Gasteiger partial charge in [-0.15, -0.1) is 0 Å². The monoisotopic (exact) mass is 502 g/mol. The molecule has 1 N–H and O–H groups in total. The number of amides is 2. The van der Waals surface area contributed by atoms with Crippen LogP contribution in [0.4, 0.5) is 0 Å². The van der Waals surface area contributed by atoms with E-state index >= 15 is 0 Å². The normalized spacial score (nSPS) is 15.0. The summed E-state index contributed by atoms with van der Waals surface area (Å²) in [4.78, 5) is 27.8. The molecule has 0 bridgehead atoms. The fourth-order valence-corrected chi connectivity index (χ4v) is 4.16. The summed E-state index contributed by atoms with van der Waals surface area (Å²) in [6.45, 7) is 1.91. The van der Waals surface area contributed by atoms with E-state index in [1.807, 2.05) is 36.4 Å². The molecule has 32 heavy (non-hydrogen) atoms. The SMILES string of the molecule is COc1ccccc1OCC(=O)N(Cc1ccc(Br)cc1)[C@@H](C)C(=O)NC1CCCCC1. The Kier molecular flexibility index (Phi) is 8.97. The highest BCUT2D eigenvalue weighted by Crippen LogP contribution is 2.26. The van der Waals surface area contributed by atoms with Gasteiger partial charge in [-0.25, -0.2) is 0 Å². The highest BCUT2D eigenvalue weighted by atomic mass is 79.9. The molecule has 2 amide bonds. The Bertz CT molecular complexity index is 897. The first-order valence-electron chi connectivity index (χ1n) is 11.1. The second-order valence-corrected chi connectivity index (χ2v) is 9.02. The topological polar surface area (TPSA) is 67.9 Å². The van der Waals surface area contributed by atoms with Crippen LogP contribution in [0, 0.1) is 0 Å². The average molecular weight is 503 g/mol. The van der Waals surface area contributed by atoms with Gasteiger partial charge in [0.1, 0.15) is 6.04 Å². The first-order valence-corrected chi connectivity index (χ1v) is 11.9. The van der Waals surface area contributed by atoms with Gasteiger partial charge in [0.05, 0.1) is 7.11 Å². The molecule has 1 aliphatic carbocycles. The molecule has 3 rings (SSSR count). The molecule has 2 aromatic carbocycles. The van der Waals surface area contributed by atoms with Crippen molar-refractivity contribution < 1.29 is 19.1 Å². The number of carbonyl (C=O) groups excluding carboxylic acids is 2. The maximum atomic E-state index is 13.2. The van der Waals surface area contributed by atoms with Crippen LogP contribution in [0.1, 0.15) is 44.6 Å². The quantitative estimate of drug-likeness (QED) is 0.539. The molecule has 1 saturated carbocycles. The van der Waals surface area contributed by atoms with Crippen molar-refractivity contribution in [3.63, 3.8) is 0 Å². The van der Waals surface area contributed by atoms with Crippen LogP contribution in [-0.4, -0.2) is 42.5 Å². The van der Waals surface area contributed by atoms with E-state index in [2.05, 4.69) is 21.2 Å². The smallest absolute Gasteiger partial charge is 0.261 e. The van der Waals surface area contributed by atoms with Crippen molar-refractivity contribution in [1.82, 2.24) is 10.2 Å². The lowest BCUT2D eigenvalue weighted by atomic mass is 9.95. The highest BCUT2D eigenvalue weighted by molar-refractivity contribution is 9.10. The van der Waals surface area contributed by atoms with Crippen molar-refractivity contribution in [3.8, 4) is 11.5 Å². The van der Waals surface area contributed by atoms with Crippen LogP contribution in [-0.2, 0) is 16.1 Å². The molecule has 0 heterocycles. The average Bonchev–Trinajstić information content (AvgIpc) is 2.82. The van der Waals surface area contributed by atoms with Gasteiger partial charge in [0.15, 0.2) is 18.1 Å². The van der Waals surface area contributed by atoms with E-state index in [0.29, 0.717) is 18.0 Å². The summed E-state index contributed by atoms with van der Waals surface area (Å²) in [6.07, 6.45) is 5.48. The van der Waals surface area contributed by atoms with E-state index in [0.717, 1.165) is 35.7 Å². The fraction of sp³-hybridized carbons (Fsp3) is 0.440. The highest BCUT2D eigenvalue weighted by Gasteiger charge is 2.28. The lowest BCUT2D eigenvalue weighted by Gasteiger charge is -2.31. The summed E-state index contributed by atoms with van der Waals surface area (Å²) in [7, 11) is 1.56. The van der Waals surface area contributed by atoms with Crippen LogP contribution in [0.2, 0.25) is 0 Å². The van der Waals surface area contributed by atoms with Gasteiger partial charge >= 0.3 is 0 Å². The maximum Gasteiger partial charge on any atom is 0.261 e. The molecule has 172 valence electrons. The summed E-state index contributed by atoms with van der Waals surface area (Å²) >= 11 is 3.44. The zero-order valence-electron chi connectivity index (χ0n) is 18.7. The Hall–Kier alpha value is -2.54. The number of hydrogen-bond acceptors (Lipinski definition) is 4. The van der Waals surface area contributed by atoms with E-state index in [1.54, 1.807) is 31.1 Å². The number of rotatable bonds is 9. The van der Waals surface area contributed by atoms with Crippen molar-refractivity contribution >= 4 is 27.7 Å². The number of halogens is 1. The first-order chi connectivity index (χ1) is 15.5.